The molecule has 0 saturated carbocycles. The number of hydrogen-bond donors (Lipinski definition) is 0. The third-order valence-corrected chi connectivity index (χ3v) is 1.47. The molecule has 56 valence electrons. The fraction of sp³-hybridized carbons (Fsp3) is 0.750. The first kappa shape index (κ1) is 9.16. The second kappa shape index (κ2) is 6.28. The van der Waals surface area contributed by atoms with Crippen LogP contribution in [-0.2, 0) is 4.79 Å². The van der Waals surface area contributed by atoms with Crippen molar-refractivity contribution in [2.24, 2.45) is 5.92 Å². The standard InChI is InChI=1S/C8H13NO/c1-2-3-4-8(7-10)5-6-9/h7-8H,2-5H2,1H3. The van der Waals surface area contributed by atoms with Gasteiger partial charge in [0.05, 0.1) is 6.07 Å². The van der Waals surface area contributed by atoms with Crippen LogP contribution in [0, 0.1) is 17.2 Å². The van der Waals surface area contributed by atoms with Crippen LogP contribution >= 0.6 is 0 Å². The molecule has 0 aromatic carbocycles. The van der Waals surface area contributed by atoms with E-state index in [1.165, 1.54) is 0 Å². The van der Waals surface area contributed by atoms with Crippen LogP contribution < -0.4 is 0 Å². The monoisotopic (exact) mass is 139 g/mol. The van der Waals surface area contributed by atoms with Gasteiger partial charge in [-0.3, -0.25) is 0 Å². The molecule has 0 aromatic rings. The van der Waals surface area contributed by atoms with Gasteiger partial charge in [0.2, 0.25) is 0 Å². The van der Waals surface area contributed by atoms with Crippen LogP contribution in [0.5, 0.6) is 0 Å². The Kier molecular flexibility index (Phi) is 5.75. The average Bonchev–Trinajstić information content (AvgIpc) is 1.98. The van der Waals surface area contributed by atoms with Gasteiger partial charge in [0.25, 0.3) is 0 Å². The molecule has 0 amide bonds. The molecule has 0 aliphatic heterocycles. The highest BCUT2D eigenvalue weighted by Crippen LogP contribution is 2.08. The van der Waals surface area contributed by atoms with E-state index in [4.69, 9.17) is 5.26 Å². The summed E-state index contributed by atoms with van der Waals surface area (Å²) >= 11 is 0. The minimum Gasteiger partial charge on any atom is -0.303 e. The topological polar surface area (TPSA) is 40.9 Å². The Morgan fingerprint density at radius 2 is 2.40 bits per heavy atom. The zero-order chi connectivity index (χ0) is 7.82. The molecule has 0 heterocycles. The predicted molar refractivity (Wildman–Crippen MR) is 39.3 cm³/mol. The van der Waals surface area contributed by atoms with E-state index in [9.17, 15) is 4.79 Å². The molecule has 0 saturated heterocycles. The summed E-state index contributed by atoms with van der Waals surface area (Å²) in [6.45, 7) is 2.08. The lowest BCUT2D eigenvalue weighted by atomic mass is 10.0. The summed E-state index contributed by atoms with van der Waals surface area (Å²) in [4.78, 5) is 10.2. The maximum absolute atomic E-state index is 10.2. The molecule has 0 rings (SSSR count). The Morgan fingerprint density at radius 1 is 1.70 bits per heavy atom. The van der Waals surface area contributed by atoms with Crippen molar-refractivity contribution in [1.82, 2.24) is 0 Å². The molecule has 0 aliphatic rings. The molecular weight excluding hydrogens is 126 g/mol. The summed E-state index contributed by atoms with van der Waals surface area (Å²) in [6, 6.07) is 2.00. The van der Waals surface area contributed by atoms with Crippen molar-refractivity contribution in [1.29, 1.82) is 5.26 Å². The van der Waals surface area contributed by atoms with E-state index in [0.29, 0.717) is 6.42 Å². The van der Waals surface area contributed by atoms with Crippen LogP contribution in [0.3, 0.4) is 0 Å². The summed E-state index contributed by atoms with van der Waals surface area (Å²) < 4.78 is 0. The molecule has 1 unspecified atom stereocenters. The summed E-state index contributed by atoms with van der Waals surface area (Å²) in [5, 5.41) is 8.26. The number of nitrogens with zero attached hydrogens (tertiary/aromatic N) is 1. The second-order valence-electron chi connectivity index (χ2n) is 2.40. The largest absolute Gasteiger partial charge is 0.303 e. The van der Waals surface area contributed by atoms with Crippen LogP contribution in [0.2, 0.25) is 0 Å². The van der Waals surface area contributed by atoms with Crippen LogP contribution in [0.25, 0.3) is 0 Å². The molecule has 0 spiro atoms. The normalized spacial score (nSPS) is 12.0. The molecule has 0 aromatic heterocycles. The quantitative estimate of drug-likeness (QED) is 0.546. The number of rotatable bonds is 5. The Hall–Kier alpha value is -0.840. The minimum absolute atomic E-state index is 0.0232. The van der Waals surface area contributed by atoms with Gasteiger partial charge in [0.1, 0.15) is 6.29 Å². The van der Waals surface area contributed by atoms with Crippen molar-refractivity contribution in [3.05, 3.63) is 0 Å². The van der Waals surface area contributed by atoms with Crippen LogP contribution in [-0.4, -0.2) is 6.29 Å². The molecule has 0 bridgehead atoms. The summed E-state index contributed by atoms with van der Waals surface area (Å²) in [7, 11) is 0. The second-order valence-corrected chi connectivity index (χ2v) is 2.40. The minimum atomic E-state index is -0.0232. The summed E-state index contributed by atoms with van der Waals surface area (Å²) in [5.41, 5.74) is 0. The number of nitriles is 1. The van der Waals surface area contributed by atoms with Crippen LogP contribution in [0.15, 0.2) is 0 Å². The fourth-order valence-electron chi connectivity index (χ4n) is 0.802. The zero-order valence-electron chi connectivity index (χ0n) is 6.34. The van der Waals surface area contributed by atoms with E-state index in [1.54, 1.807) is 0 Å². The molecule has 0 fully saturated rings. The maximum Gasteiger partial charge on any atom is 0.124 e. The third-order valence-electron chi connectivity index (χ3n) is 1.47. The molecule has 1 atom stereocenters. The van der Waals surface area contributed by atoms with Gasteiger partial charge in [0.15, 0.2) is 0 Å². The Bertz CT molecular complexity index is 126. The van der Waals surface area contributed by atoms with Crippen LogP contribution in [0.4, 0.5) is 0 Å². The van der Waals surface area contributed by atoms with Gasteiger partial charge in [-0.2, -0.15) is 5.26 Å². The first-order valence-corrected chi connectivity index (χ1v) is 3.67. The van der Waals surface area contributed by atoms with Crippen molar-refractivity contribution in [3.8, 4) is 6.07 Å². The van der Waals surface area contributed by atoms with Crippen LogP contribution in [0.1, 0.15) is 32.6 Å². The van der Waals surface area contributed by atoms with Crippen molar-refractivity contribution in [2.75, 3.05) is 0 Å². The highest BCUT2D eigenvalue weighted by atomic mass is 16.1. The van der Waals surface area contributed by atoms with E-state index in [1.807, 2.05) is 6.07 Å². The molecule has 0 aliphatic carbocycles. The van der Waals surface area contributed by atoms with Crippen molar-refractivity contribution >= 4 is 6.29 Å². The summed E-state index contributed by atoms with van der Waals surface area (Å²) in [6.07, 6.45) is 4.27. The number of hydrogen-bond acceptors (Lipinski definition) is 2. The lowest BCUT2D eigenvalue weighted by Gasteiger charge is -2.01. The first-order chi connectivity index (χ1) is 4.85. The molecule has 0 N–H and O–H groups in total. The van der Waals surface area contributed by atoms with Crippen molar-refractivity contribution < 1.29 is 4.79 Å². The van der Waals surface area contributed by atoms with E-state index < -0.39 is 0 Å². The van der Waals surface area contributed by atoms with Crippen molar-refractivity contribution in [2.45, 2.75) is 32.6 Å². The first-order valence-electron chi connectivity index (χ1n) is 3.67. The lowest BCUT2D eigenvalue weighted by molar-refractivity contribution is -0.111. The van der Waals surface area contributed by atoms with E-state index >= 15 is 0 Å². The summed E-state index contributed by atoms with van der Waals surface area (Å²) in [5.74, 6) is -0.0232. The van der Waals surface area contributed by atoms with Gasteiger partial charge in [-0.15, -0.1) is 0 Å². The third kappa shape index (κ3) is 4.08. The zero-order valence-corrected chi connectivity index (χ0v) is 6.34. The highest BCUT2D eigenvalue weighted by Gasteiger charge is 2.04. The van der Waals surface area contributed by atoms with E-state index in [-0.39, 0.29) is 5.92 Å². The predicted octanol–water partition coefficient (Wildman–Crippen LogP) is 1.91. The number of carbonyl (C=O) groups is 1. The molecule has 2 heteroatoms. The van der Waals surface area contributed by atoms with Crippen molar-refractivity contribution in [3.63, 3.8) is 0 Å². The van der Waals surface area contributed by atoms with Gasteiger partial charge in [-0.25, -0.2) is 0 Å². The maximum atomic E-state index is 10.2. The van der Waals surface area contributed by atoms with Gasteiger partial charge >= 0.3 is 0 Å². The molecular formula is C8H13NO. The van der Waals surface area contributed by atoms with Gasteiger partial charge in [-0.05, 0) is 6.42 Å². The molecule has 0 radical (unpaired) electrons. The smallest absolute Gasteiger partial charge is 0.124 e. The lowest BCUT2D eigenvalue weighted by Crippen LogP contribution is -1.99. The van der Waals surface area contributed by atoms with Gasteiger partial charge in [-0.1, -0.05) is 19.8 Å². The Labute approximate surface area is 61.8 Å². The van der Waals surface area contributed by atoms with E-state index in [0.717, 1.165) is 25.5 Å². The molecule has 10 heavy (non-hydrogen) atoms. The average molecular weight is 139 g/mol. The Balaban J connectivity index is 3.41. The Morgan fingerprint density at radius 3 is 2.80 bits per heavy atom. The fourth-order valence-corrected chi connectivity index (χ4v) is 0.802. The number of unbranched alkanes of at least 4 members (excludes halogenated alkanes) is 1. The number of aldehydes is 1. The number of carbonyl (C=O) groups excluding carboxylic acids is 1. The van der Waals surface area contributed by atoms with Gasteiger partial charge < -0.3 is 4.79 Å². The molecule has 2 nitrogen and oxygen atoms in total. The van der Waals surface area contributed by atoms with E-state index in [2.05, 4.69) is 6.92 Å². The van der Waals surface area contributed by atoms with Gasteiger partial charge in [0, 0.05) is 12.3 Å². The highest BCUT2D eigenvalue weighted by molar-refractivity contribution is 5.53. The SMILES string of the molecule is CCCCC(C=O)CC#N.